The van der Waals surface area contributed by atoms with Crippen molar-refractivity contribution in [2.45, 2.75) is 32.6 Å². The standard InChI is InChI=1S/C21H31N3O/c1-4-12-24(13-5-2)21(25)9-7-18-6-8-20(19(22)16-18)23-14-10-17(3)11-15-23/h4-6,8,16-17H,1-2,7,9-15,22H2,3H3. The van der Waals surface area contributed by atoms with Crippen LogP contribution in [-0.4, -0.2) is 37.0 Å². The minimum Gasteiger partial charge on any atom is -0.397 e. The molecule has 1 aliphatic rings. The van der Waals surface area contributed by atoms with Gasteiger partial charge in [-0.2, -0.15) is 0 Å². The van der Waals surface area contributed by atoms with Gasteiger partial charge in [0.25, 0.3) is 0 Å². The first-order valence-electron chi connectivity index (χ1n) is 9.18. The van der Waals surface area contributed by atoms with Gasteiger partial charge in [-0.05, 0) is 42.9 Å². The smallest absolute Gasteiger partial charge is 0.223 e. The number of nitrogens with two attached hydrogens (primary N) is 1. The topological polar surface area (TPSA) is 49.6 Å². The van der Waals surface area contributed by atoms with E-state index < -0.39 is 0 Å². The molecule has 1 aromatic rings. The number of amides is 1. The molecule has 0 spiro atoms. The molecule has 0 saturated carbocycles. The van der Waals surface area contributed by atoms with Crippen LogP contribution >= 0.6 is 0 Å². The van der Waals surface area contributed by atoms with E-state index in [1.807, 2.05) is 6.07 Å². The number of carbonyl (C=O) groups is 1. The molecule has 0 unspecified atom stereocenters. The first-order chi connectivity index (χ1) is 12.0. The summed E-state index contributed by atoms with van der Waals surface area (Å²) < 4.78 is 0. The van der Waals surface area contributed by atoms with E-state index in [-0.39, 0.29) is 5.91 Å². The highest BCUT2D eigenvalue weighted by molar-refractivity contribution is 5.77. The maximum absolute atomic E-state index is 12.3. The van der Waals surface area contributed by atoms with E-state index in [0.717, 1.165) is 35.9 Å². The van der Waals surface area contributed by atoms with Crippen LogP contribution in [0.1, 0.15) is 31.7 Å². The molecule has 4 heteroatoms. The van der Waals surface area contributed by atoms with Crippen molar-refractivity contribution in [3.05, 3.63) is 49.1 Å². The second kappa shape index (κ2) is 9.30. The molecule has 2 rings (SSSR count). The number of hydrogen-bond donors (Lipinski definition) is 1. The van der Waals surface area contributed by atoms with Crippen LogP contribution in [0, 0.1) is 5.92 Å². The third kappa shape index (κ3) is 5.38. The maximum Gasteiger partial charge on any atom is 0.223 e. The molecule has 4 nitrogen and oxygen atoms in total. The van der Waals surface area contributed by atoms with Gasteiger partial charge in [0.2, 0.25) is 5.91 Å². The van der Waals surface area contributed by atoms with E-state index in [4.69, 9.17) is 5.73 Å². The fourth-order valence-electron chi connectivity index (χ4n) is 3.30. The molecule has 0 bridgehead atoms. The molecule has 1 aliphatic heterocycles. The number of benzene rings is 1. The molecular weight excluding hydrogens is 310 g/mol. The highest BCUT2D eigenvalue weighted by atomic mass is 16.2. The minimum absolute atomic E-state index is 0.118. The van der Waals surface area contributed by atoms with Crippen molar-refractivity contribution < 1.29 is 4.79 Å². The minimum atomic E-state index is 0.118. The molecule has 0 aromatic heterocycles. The van der Waals surface area contributed by atoms with E-state index in [2.05, 4.69) is 37.1 Å². The lowest BCUT2D eigenvalue weighted by atomic mass is 9.98. The van der Waals surface area contributed by atoms with Crippen molar-refractivity contribution in [1.82, 2.24) is 4.90 Å². The number of hydrogen-bond acceptors (Lipinski definition) is 3. The van der Waals surface area contributed by atoms with Crippen LogP contribution in [0.3, 0.4) is 0 Å². The highest BCUT2D eigenvalue weighted by Gasteiger charge is 2.18. The zero-order chi connectivity index (χ0) is 18.2. The van der Waals surface area contributed by atoms with Gasteiger partial charge in [0.1, 0.15) is 0 Å². The van der Waals surface area contributed by atoms with Crippen LogP contribution in [0.5, 0.6) is 0 Å². The second-order valence-electron chi connectivity index (χ2n) is 6.94. The number of aryl methyl sites for hydroxylation is 1. The number of anilines is 2. The summed E-state index contributed by atoms with van der Waals surface area (Å²) >= 11 is 0. The van der Waals surface area contributed by atoms with Gasteiger partial charge < -0.3 is 15.5 Å². The van der Waals surface area contributed by atoms with Crippen molar-refractivity contribution in [1.29, 1.82) is 0 Å². The molecule has 25 heavy (non-hydrogen) atoms. The molecular formula is C21H31N3O. The van der Waals surface area contributed by atoms with Crippen molar-refractivity contribution in [2.75, 3.05) is 36.8 Å². The van der Waals surface area contributed by atoms with Crippen molar-refractivity contribution in [2.24, 2.45) is 5.92 Å². The average molecular weight is 341 g/mol. The van der Waals surface area contributed by atoms with Crippen LogP contribution in [-0.2, 0) is 11.2 Å². The molecule has 136 valence electrons. The normalized spacial score (nSPS) is 15.0. The summed E-state index contributed by atoms with van der Waals surface area (Å²) in [6.45, 7) is 13.0. The number of rotatable bonds is 8. The SMILES string of the molecule is C=CCN(CC=C)C(=O)CCc1ccc(N2CCC(C)CC2)c(N)c1. The third-order valence-corrected chi connectivity index (χ3v) is 4.90. The molecule has 1 saturated heterocycles. The van der Waals surface area contributed by atoms with Crippen LogP contribution in [0.25, 0.3) is 0 Å². The molecule has 0 radical (unpaired) electrons. The third-order valence-electron chi connectivity index (χ3n) is 4.90. The Labute approximate surface area is 152 Å². The predicted octanol–water partition coefficient (Wildman–Crippen LogP) is 3.64. The van der Waals surface area contributed by atoms with Crippen molar-refractivity contribution in [3.8, 4) is 0 Å². The first kappa shape index (κ1) is 19.1. The van der Waals surface area contributed by atoms with Gasteiger partial charge >= 0.3 is 0 Å². The Balaban J connectivity index is 1.95. The van der Waals surface area contributed by atoms with Crippen LogP contribution in [0.15, 0.2) is 43.5 Å². The molecule has 1 fully saturated rings. The summed E-state index contributed by atoms with van der Waals surface area (Å²) in [6, 6.07) is 6.23. The number of nitrogens with zero attached hydrogens (tertiary/aromatic N) is 2. The van der Waals surface area contributed by atoms with Gasteiger partial charge in [-0.25, -0.2) is 0 Å². The van der Waals surface area contributed by atoms with Gasteiger partial charge in [0.15, 0.2) is 0 Å². The van der Waals surface area contributed by atoms with E-state index >= 15 is 0 Å². The average Bonchev–Trinajstić information content (AvgIpc) is 2.60. The van der Waals surface area contributed by atoms with E-state index in [1.165, 1.54) is 12.8 Å². The maximum atomic E-state index is 12.3. The second-order valence-corrected chi connectivity index (χ2v) is 6.94. The summed E-state index contributed by atoms with van der Waals surface area (Å²) in [5.41, 5.74) is 9.33. The quantitative estimate of drug-likeness (QED) is 0.580. The summed E-state index contributed by atoms with van der Waals surface area (Å²) in [5, 5.41) is 0. The Hall–Kier alpha value is -2.23. The lowest BCUT2D eigenvalue weighted by Gasteiger charge is -2.33. The Morgan fingerprint density at radius 1 is 1.28 bits per heavy atom. The Morgan fingerprint density at radius 2 is 1.92 bits per heavy atom. The fraction of sp³-hybridized carbons (Fsp3) is 0.476. The van der Waals surface area contributed by atoms with Gasteiger partial charge in [-0.1, -0.05) is 25.1 Å². The molecule has 1 aromatic carbocycles. The Kier molecular flexibility index (Phi) is 7.11. The van der Waals surface area contributed by atoms with Gasteiger partial charge in [0, 0.05) is 32.6 Å². The lowest BCUT2D eigenvalue weighted by Crippen LogP contribution is -2.33. The van der Waals surface area contributed by atoms with Gasteiger partial charge in [-0.15, -0.1) is 13.2 Å². The van der Waals surface area contributed by atoms with E-state index in [1.54, 1.807) is 17.1 Å². The zero-order valence-electron chi connectivity index (χ0n) is 15.4. The van der Waals surface area contributed by atoms with Crippen LogP contribution < -0.4 is 10.6 Å². The van der Waals surface area contributed by atoms with E-state index in [9.17, 15) is 4.79 Å². The molecule has 2 N–H and O–H groups in total. The van der Waals surface area contributed by atoms with E-state index in [0.29, 0.717) is 25.9 Å². The predicted molar refractivity (Wildman–Crippen MR) is 107 cm³/mol. The van der Waals surface area contributed by atoms with Crippen molar-refractivity contribution >= 4 is 17.3 Å². The first-order valence-corrected chi connectivity index (χ1v) is 9.18. The van der Waals surface area contributed by atoms with Crippen molar-refractivity contribution in [3.63, 3.8) is 0 Å². The van der Waals surface area contributed by atoms with Gasteiger partial charge in [-0.3, -0.25) is 4.79 Å². The highest BCUT2D eigenvalue weighted by Crippen LogP contribution is 2.29. The monoisotopic (exact) mass is 341 g/mol. The summed E-state index contributed by atoms with van der Waals surface area (Å²) in [6.07, 6.45) is 7.10. The Bertz CT molecular complexity index is 593. The zero-order valence-corrected chi connectivity index (χ0v) is 15.4. The fourth-order valence-corrected chi connectivity index (χ4v) is 3.30. The Morgan fingerprint density at radius 3 is 2.48 bits per heavy atom. The largest absolute Gasteiger partial charge is 0.397 e. The summed E-state index contributed by atoms with van der Waals surface area (Å²) in [4.78, 5) is 16.4. The van der Waals surface area contributed by atoms with Crippen LogP contribution in [0.2, 0.25) is 0 Å². The van der Waals surface area contributed by atoms with Gasteiger partial charge in [0.05, 0.1) is 11.4 Å². The summed E-state index contributed by atoms with van der Waals surface area (Å²) in [5.74, 6) is 0.921. The number of nitrogen functional groups attached to an aromatic ring is 1. The molecule has 1 heterocycles. The van der Waals surface area contributed by atoms with Crippen LogP contribution in [0.4, 0.5) is 11.4 Å². The molecule has 0 atom stereocenters. The number of carbonyl (C=O) groups excluding carboxylic acids is 1. The lowest BCUT2D eigenvalue weighted by molar-refractivity contribution is -0.130. The molecule has 0 aliphatic carbocycles. The number of piperidine rings is 1. The summed E-state index contributed by atoms with van der Waals surface area (Å²) in [7, 11) is 0. The molecule has 1 amide bonds.